The minimum Gasteiger partial charge on any atom is -0.520 e. The lowest BCUT2D eigenvalue weighted by molar-refractivity contribution is 0.397. The van der Waals surface area contributed by atoms with Crippen molar-refractivity contribution in [2.75, 3.05) is 0 Å². The summed E-state index contributed by atoms with van der Waals surface area (Å²) in [5.74, 6) is -13.0. The molecule has 4 aromatic rings. The van der Waals surface area contributed by atoms with E-state index in [1.165, 1.54) is 12.1 Å². The van der Waals surface area contributed by atoms with Crippen LogP contribution in [0, 0.1) is 46.5 Å². The summed E-state index contributed by atoms with van der Waals surface area (Å²) in [7, 11) is -2.20. The molecule has 0 aliphatic heterocycles. The van der Waals surface area contributed by atoms with Crippen molar-refractivity contribution in [3.05, 3.63) is 112 Å². The van der Waals surface area contributed by atoms with Crippen molar-refractivity contribution in [3.63, 3.8) is 0 Å². The molecule has 0 saturated heterocycles. The van der Waals surface area contributed by atoms with Crippen LogP contribution in [0.15, 0.2) is 54.6 Å². The van der Waals surface area contributed by atoms with Crippen LogP contribution in [0.1, 0.15) is 11.1 Å². The van der Waals surface area contributed by atoms with E-state index in [9.17, 15) is 30.7 Å². The van der Waals surface area contributed by atoms with Crippen LogP contribution in [0.3, 0.4) is 0 Å². The fourth-order valence-corrected chi connectivity index (χ4v) is 4.09. The van der Waals surface area contributed by atoms with Crippen molar-refractivity contribution in [2.24, 2.45) is 0 Å². The molecule has 2 nitrogen and oxygen atoms in total. The summed E-state index contributed by atoms with van der Waals surface area (Å²) in [6.45, 7) is 0. The van der Waals surface area contributed by atoms with Crippen molar-refractivity contribution in [1.29, 1.82) is 0 Å². The van der Waals surface area contributed by atoms with Gasteiger partial charge in [0.2, 0.25) is 0 Å². The number of halogens is 8. The molecule has 182 valence electrons. The first-order valence-corrected chi connectivity index (χ1v) is 10.4. The Bertz CT molecular complexity index is 1530. The molecular formula is C25H11BF8O2. The number of hydrogen-bond donors (Lipinski definition) is 0. The highest BCUT2D eigenvalue weighted by Crippen LogP contribution is 2.42. The number of para-hydroxylation sites is 1. The Hall–Kier alpha value is -4.02. The molecule has 0 unspecified atom stereocenters. The summed E-state index contributed by atoms with van der Waals surface area (Å²) in [5.41, 5.74) is -2.70. The zero-order valence-corrected chi connectivity index (χ0v) is 17.8. The van der Waals surface area contributed by atoms with Gasteiger partial charge in [-0.3, -0.25) is 0 Å². The molecule has 0 heterocycles. The monoisotopic (exact) mass is 506 g/mol. The first-order chi connectivity index (χ1) is 17.2. The molecule has 0 amide bonds. The van der Waals surface area contributed by atoms with E-state index in [1.54, 1.807) is 0 Å². The van der Waals surface area contributed by atoms with Gasteiger partial charge in [0.25, 0.3) is 0 Å². The Morgan fingerprint density at radius 1 is 0.583 bits per heavy atom. The van der Waals surface area contributed by atoms with Gasteiger partial charge in [-0.15, -0.1) is 0 Å². The van der Waals surface area contributed by atoms with Crippen molar-refractivity contribution in [2.45, 2.75) is 6.42 Å². The largest absolute Gasteiger partial charge is 0.636 e. The molecular weight excluding hydrogens is 495 g/mol. The van der Waals surface area contributed by atoms with Gasteiger partial charge < -0.3 is 9.31 Å². The Kier molecular flexibility index (Phi) is 5.85. The van der Waals surface area contributed by atoms with E-state index in [1.807, 2.05) is 0 Å². The van der Waals surface area contributed by atoms with E-state index < -0.39 is 93.7 Å². The molecule has 0 N–H and O–H groups in total. The second-order valence-corrected chi connectivity index (χ2v) is 7.85. The van der Waals surface area contributed by atoms with Gasteiger partial charge in [0, 0.05) is 17.2 Å². The van der Waals surface area contributed by atoms with E-state index in [0.717, 1.165) is 30.3 Å². The summed E-state index contributed by atoms with van der Waals surface area (Å²) in [6, 6.07) is 8.58. The van der Waals surface area contributed by atoms with Crippen LogP contribution in [-0.4, -0.2) is 7.12 Å². The highest BCUT2D eigenvalue weighted by Gasteiger charge is 2.42. The molecule has 36 heavy (non-hydrogen) atoms. The number of benzene rings is 4. The molecule has 0 bridgehead atoms. The second-order valence-electron chi connectivity index (χ2n) is 7.85. The van der Waals surface area contributed by atoms with Crippen LogP contribution in [0.25, 0.3) is 11.1 Å². The number of fused-ring (bicyclic) bond motifs is 3. The van der Waals surface area contributed by atoms with Crippen LogP contribution in [0.5, 0.6) is 11.5 Å². The molecule has 4 aromatic carbocycles. The topological polar surface area (TPSA) is 18.5 Å². The first-order valence-electron chi connectivity index (χ1n) is 10.4. The average Bonchev–Trinajstić information content (AvgIpc) is 3.23. The van der Waals surface area contributed by atoms with Crippen LogP contribution >= 0.6 is 0 Å². The maximum Gasteiger partial charge on any atom is 0.636 e. The molecule has 1 aliphatic carbocycles. The van der Waals surface area contributed by atoms with Crippen LogP contribution < -0.4 is 14.8 Å². The average molecular weight is 506 g/mol. The summed E-state index contributed by atoms with van der Waals surface area (Å²) in [5, 5.41) is 0. The van der Waals surface area contributed by atoms with Crippen molar-refractivity contribution >= 4 is 12.6 Å². The lowest BCUT2D eigenvalue weighted by atomic mass is 9.73. The molecule has 5 rings (SSSR count). The van der Waals surface area contributed by atoms with Crippen LogP contribution in [0.2, 0.25) is 0 Å². The van der Waals surface area contributed by atoms with E-state index in [4.69, 9.17) is 9.31 Å². The Morgan fingerprint density at radius 3 is 2.00 bits per heavy atom. The number of hydrogen-bond acceptors (Lipinski definition) is 2. The molecule has 0 atom stereocenters. The van der Waals surface area contributed by atoms with Gasteiger partial charge in [0.15, 0.2) is 40.7 Å². The van der Waals surface area contributed by atoms with E-state index in [2.05, 4.69) is 0 Å². The molecule has 0 aromatic heterocycles. The van der Waals surface area contributed by atoms with Gasteiger partial charge in [-0.1, -0.05) is 18.2 Å². The Morgan fingerprint density at radius 2 is 1.25 bits per heavy atom. The van der Waals surface area contributed by atoms with Gasteiger partial charge in [-0.25, -0.2) is 35.1 Å². The Labute approximate surface area is 198 Å². The standard InChI is InChI=1S/C25H11BF8O2/c27-12-6-8-15(29)18(10-12)36-26(35-17-4-2-1-3-14(17)28)21-13-9-11-5-7-16(30)22(31)19(11)20(13)23(32)25(34)24(21)33/h1-8,10H,9H2. The second kappa shape index (κ2) is 8.89. The summed E-state index contributed by atoms with van der Waals surface area (Å²) in [4.78, 5) is 0. The minimum atomic E-state index is -2.20. The summed E-state index contributed by atoms with van der Waals surface area (Å²) >= 11 is 0. The summed E-state index contributed by atoms with van der Waals surface area (Å²) in [6.07, 6.45) is -0.419. The van der Waals surface area contributed by atoms with Gasteiger partial charge >= 0.3 is 7.12 Å². The van der Waals surface area contributed by atoms with Gasteiger partial charge in [0.05, 0.1) is 5.46 Å². The lowest BCUT2D eigenvalue weighted by Crippen LogP contribution is -2.47. The third kappa shape index (κ3) is 3.84. The maximum atomic E-state index is 15.3. The zero-order chi connectivity index (χ0) is 25.7. The predicted molar refractivity (Wildman–Crippen MR) is 114 cm³/mol. The fraction of sp³-hybridized carbons (Fsp3) is 0.0400. The molecule has 0 spiro atoms. The molecule has 11 heteroatoms. The van der Waals surface area contributed by atoms with Crippen molar-refractivity contribution in [1.82, 2.24) is 0 Å². The Balaban J connectivity index is 1.74. The quantitative estimate of drug-likeness (QED) is 0.160. The lowest BCUT2D eigenvalue weighted by Gasteiger charge is -2.21. The van der Waals surface area contributed by atoms with Crippen LogP contribution in [-0.2, 0) is 6.42 Å². The highest BCUT2D eigenvalue weighted by atomic mass is 19.2. The van der Waals surface area contributed by atoms with Gasteiger partial charge in [-0.2, -0.15) is 0 Å². The van der Waals surface area contributed by atoms with Crippen molar-refractivity contribution in [3.8, 4) is 22.6 Å². The predicted octanol–water partition coefficient (Wildman–Crippen LogP) is 6.22. The van der Waals surface area contributed by atoms with Crippen LogP contribution in [0.4, 0.5) is 35.1 Å². The fourth-order valence-electron chi connectivity index (χ4n) is 4.09. The summed E-state index contributed by atoms with van der Waals surface area (Å²) < 4.78 is 127. The molecule has 0 saturated carbocycles. The normalized spacial score (nSPS) is 11.8. The van der Waals surface area contributed by atoms with Crippen molar-refractivity contribution < 1.29 is 44.4 Å². The van der Waals surface area contributed by atoms with Gasteiger partial charge in [0.1, 0.15) is 17.3 Å². The third-order valence-electron chi connectivity index (χ3n) is 5.70. The highest BCUT2D eigenvalue weighted by molar-refractivity contribution is 6.63. The maximum absolute atomic E-state index is 15.3. The van der Waals surface area contributed by atoms with E-state index in [0.29, 0.717) is 12.1 Å². The molecule has 0 radical (unpaired) electrons. The SMILES string of the molecule is Fc1ccc(F)c(OB(Oc2ccccc2F)c2c(F)c(F)c(F)c3c2Cc2ccc(F)c(F)c2-3)c1. The van der Waals surface area contributed by atoms with E-state index >= 15 is 4.39 Å². The molecule has 1 aliphatic rings. The smallest absolute Gasteiger partial charge is 0.520 e. The third-order valence-corrected chi connectivity index (χ3v) is 5.70. The number of rotatable bonds is 5. The van der Waals surface area contributed by atoms with Gasteiger partial charge in [-0.05, 0) is 47.9 Å². The zero-order valence-electron chi connectivity index (χ0n) is 17.8. The molecule has 0 fully saturated rings. The van der Waals surface area contributed by atoms with E-state index in [-0.39, 0.29) is 5.56 Å². The first kappa shape index (κ1) is 23.7. The minimum absolute atomic E-state index is 0.00405.